The van der Waals surface area contributed by atoms with Crippen LogP contribution in [0.4, 0.5) is 0 Å². The van der Waals surface area contributed by atoms with E-state index in [1.807, 2.05) is 60.7 Å². The summed E-state index contributed by atoms with van der Waals surface area (Å²) < 4.78 is 24.2. The lowest BCUT2D eigenvalue weighted by Gasteiger charge is -2.36. The van der Waals surface area contributed by atoms with Crippen LogP contribution < -0.4 is 21.3 Å². The van der Waals surface area contributed by atoms with Crippen molar-refractivity contribution in [3.05, 3.63) is 71.8 Å². The van der Waals surface area contributed by atoms with Gasteiger partial charge in [0.15, 0.2) is 0 Å². The fraction of sp³-hybridized carbons (Fsp3) is 0.407. The van der Waals surface area contributed by atoms with E-state index in [0.717, 1.165) is 11.1 Å². The van der Waals surface area contributed by atoms with Gasteiger partial charge >= 0.3 is 0 Å². The molecule has 202 valence electrons. The summed E-state index contributed by atoms with van der Waals surface area (Å²) in [6.45, 7) is 1.74. The van der Waals surface area contributed by atoms with E-state index in [1.165, 1.54) is 4.90 Å². The smallest absolute Gasteiger partial charge is 0.247 e. The standard InChI is InChI=1S/C27H33N5O5S/c1-17(28-2)25(33)30-20-15-29-16-23(38(36)37)21-13-14-22(32(21)27(20)35)26(34)31-24(18-9-5-3-6-10-18)19-11-7-4-8-12-19/h3-12,17,20-22,24,28-29H,13-16H2,1-2H3,(H,30,33)(H,31,34)/t17-,20?,21?,22?/m0/s1. The van der Waals surface area contributed by atoms with E-state index in [9.17, 15) is 22.8 Å². The number of hydrogen-bond acceptors (Lipinski definition) is 7. The summed E-state index contributed by atoms with van der Waals surface area (Å²) in [7, 11) is -0.905. The van der Waals surface area contributed by atoms with Gasteiger partial charge in [0.25, 0.3) is 0 Å². The molecule has 0 radical (unpaired) electrons. The van der Waals surface area contributed by atoms with Crippen LogP contribution in [0.25, 0.3) is 0 Å². The molecule has 4 rings (SSSR count). The van der Waals surface area contributed by atoms with Crippen molar-refractivity contribution in [3.8, 4) is 0 Å². The minimum Gasteiger partial charge on any atom is -0.343 e. The summed E-state index contributed by atoms with van der Waals surface area (Å²) in [5, 5.41) is 11.7. The average Bonchev–Trinajstić information content (AvgIpc) is 3.36. The molecule has 4 N–H and O–H groups in total. The molecule has 2 aliphatic heterocycles. The van der Waals surface area contributed by atoms with Gasteiger partial charge in [0, 0.05) is 13.1 Å². The summed E-state index contributed by atoms with van der Waals surface area (Å²) in [6.07, 6.45) is 0.622. The van der Waals surface area contributed by atoms with Crippen molar-refractivity contribution in [1.82, 2.24) is 26.2 Å². The van der Waals surface area contributed by atoms with Gasteiger partial charge in [-0.15, -0.1) is 0 Å². The van der Waals surface area contributed by atoms with E-state index < -0.39 is 46.4 Å². The van der Waals surface area contributed by atoms with Crippen LogP contribution in [0.2, 0.25) is 0 Å². The Hall–Kier alpha value is -3.54. The molecular weight excluding hydrogens is 506 g/mol. The van der Waals surface area contributed by atoms with Crippen LogP contribution in [-0.4, -0.2) is 80.2 Å². The maximum atomic E-state index is 13.8. The number of nitrogens with zero attached hydrogens (tertiary/aromatic N) is 1. The fourth-order valence-corrected chi connectivity index (χ4v) is 5.69. The summed E-state index contributed by atoms with van der Waals surface area (Å²) in [4.78, 5) is 41.6. The van der Waals surface area contributed by atoms with E-state index in [2.05, 4.69) is 21.3 Å². The monoisotopic (exact) mass is 539 g/mol. The zero-order valence-electron chi connectivity index (χ0n) is 21.4. The Kier molecular flexibility index (Phi) is 8.93. The Balaban J connectivity index is 1.65. The molecule has 38 heavy (non-hydrogen) atoms. The predicted molar refractivity (Wildman–Crippen MR) is 144 cm³/mol. The van der Waals surface area contributed by atoms with Crippen molar-refractivity contribution in [2.75, 3.05) is 20.1 Å². The normalized spacial score (nSPS) is 22.3. The number of likely N-dealkylation sites (N-methyl/N-ethyl adjacent to an activating group) is 1. The predicted octanol–water partition coefficient (Wildman–Crippen LogP) is -0.000800. The first-order valence-corrected chi connectivity index (χ1v) is 13.7. The third-order valence-electron chi connectivity index (χ3n) is 7.17. The second kappa shape index (κ2) is 12.3. The molecule has 2 heterocycles. The van der Waals surface area contributed by atoms with Crippen LogP contribution in [0.3, 0.4) is 0 Å². The first-order valence-electron chi connectivity index (χ1n) is 12.7. The van der Waals surface area contributed by atoms with Crippen molar-refractivity contribution < 1.29 is 22.8 Å². The maximum absolute atomic E-state index is 13.8. The van der Waals surface area contributed by atoms with Crippen LogP contribution >= 0.6 is 0 Å². The SMILES string of the molecule is CN[C@@H](C)C(=O)NC1CNCC(=S(=O)=O)C2CCC(C(=O)NC(c3ccccc3)c3ccccc3)N2C1=O. The summed E-state index contributed by atoms with van der Waals surface area (Å²) >= 11 is 0. The molecule has 4 atom stereocenters. The summed E-state index contributed by atoms with van der Waals surface area (Å²) in [5.74, 6) is -1.23. The number of hydrogen-bond donors (Lipinski definition) is 4. The van der Waals surface area contributed by atoms with Gasteiger partial charge in [-0.1, -0.05) is 60.7 Å². The fourth-order valence-electron chi connectivity index (χ4n) is 5.02. The molecule has 2 aromatic rings. The van der Waals surface area contributed by atoms with Gasteiger partial charge in [-0.3, -0.25) is 14.4 Å². The summed E-state index contributed by atoms with van der Waals surface area (Å²) in [5.41, 5.74) is 1.76. The Morgan fingerprint density at radius 3 is 2.16 bits per heavy atom. The lowest BCUT2D eigenvalue weighted by atomic mass is 9.98. The summed E-state index contributed by atoms with van der Waals surface area (Å²) in [6, 6.07) is 15.4. The molecule has 2 aliphatic rings. The number of nitrogens with one attached hydrogen (secondary N) is 4. The zero-order chi connectivity index (χ0) is 27.2. The third kappa shape index (κ3) is 5.95. The van der Waals surface area contributed by atoms with Crippen molar-refractivity contribution in [2.24, 2.45) is 0 Å². The minimum absolute atomic E-state index is 0.0313. The van der Waals surface area contributed by atoms with Crippen LogP contribution in [0.5, 0.6) is 0 Å². The molecule has 0 aromatic heterocycles. The van der Waals surface area contributed by atoms with E-state index in [0.29, 0.717) is 12.8 Å². The van der Waals surface area contributed by atoms with Gasteiger partial charge in [0.2, 0.25) is 28.0 Å². The highest BCUT2D eigenvalue weighted by molar-refractivity contribution is 7.73. The molecule has 2 fully saturated rings. The van der Waals surface area contributed by atoms with E-state index >= 15 is 0 Å². The number of carbonyl (C=O) groups excluding carboxylic acids is 3. The maximum Gasteiger partial charge on any atom is 0.247 e. The van der Waals surface area contributed by atoms with E-state index in [4.69, 9.17) is 0 Å². The Morgan fingerprint density at radius 1 is 1.00 bits per heavy atom. The molecule has 0 saturated carbocycles. The number of fused-ring (bicyclic) bond motifs is 1. The topological polar surface area (TPSA) is 137 Å². The highest BCUT2D eigenvalue weighted by Gasteiger charge is 2.47. The molecule has 11 heteroatoms. The lowest BCUT2D eigenvalue weighted by molar-refractivity contribution is -0.142. The van der Waals surface area contributed by atoms with Crippen LogP contribution in [-0.2, 0) is 24.7 Å². The number of rotatable bonds is 7. The Morgan fingerprint density at radius 2 is 1.61 bits per heavy atom. The lowest BCUT2D eigenvalue weighted by Crippen LogP contribution is -2.63. The van der Waals surface area contributed by atoms with Gasteiger partial charge in [0.1, 0.15) is 12.1 Å². The van der Waals surface area contributed by atoms with Gasteiger partial charge in [0.05, 0.1) is 23.0 Å². The molecule has 3 unspecified atom stereocenters. The molecular formula is C27H33N5O5S. The van der Waals surface area contributed by atoms with Crippen LogP contribution in [0, 0.1) is 0 Å². The van der Waals surface area contributed by atoms with Crippen molar-refractivity contribution in [3.63, 3.8) is 0 Å². The molecule has 0 bridgehead atoms. The molecule has 2 aromatic carbocycles. The second-order valence-electron chi connectivity index (χ2n) is 9.52. The number of amides is 3. The highest BCUT2D eigenvalue weighted by atomic mass is 32.2. The number of benzene rings is 2. The van der Waals surface area contributed by atoms with Crippen molar-refractivity contribution in [2.45, 2.75) is 50.0 Å². The Labute approximate surface area is 223 Å². The quantitative estimate of drug-likeness (QED) is 0.364. The van der Waals surface area contributed by atoms with E-state index in [1.54, 1.807) is 14.0 Å². The van der Waals surface area contributed by atoms with E-state index in [-0.39, 0.29) is 29.8 Å². The van der Waals surface area contributed by atoms with Gasteiger partial charge in [-0.2, -0.15) is 8.42 Å². The largest absolute Gasteiger partial charge is 0.343 e. The molecule has 2 saturated heterocycles. The third-order valence-corrected chi connectivity index (χ3v) is 8.01. The molecule has 3 amide bonds. The highest BCUT2D eigenvalue weighted by Crippen LogP contribution is 2.29. The van der Waals surface area contributed by atoms with Gasteiger partial charge in [-0.25, -0.2) is 0 Å². The van der Waals surface area contributed by atoms with Crippen LogP contribution in [0.15, 0.2) is 60.7 Å². The Bertz CT molecular complexity index is 1250. The number of carbonyl (C=O) groups is 3. The second-order valence-corrected chi connectivity index (χ2v) is 10.5. The first-order chi connectivity index (χ1) is 18.3. The minimum atomic E-state index is -2.54. The molecule has 0 spiro atoms. The van der Waals surface area contributed by atoms with Crippen molar-refractivity contribution >= 4 is 32.9 Å². The average molecular weight is 540 g/mol. The zero-order valence-corrected chi connectivity index (χ0v) is 22.2. The first kappa shape index (κ1) is 27.5. The molecule has 10 nitrogen and oxygen atoms in total. The molecule has 0 aliphatic carbocycles. The van der Waals surface area contributed by atoms with Gasteiger partial charge in [-0.05, 0) is 37.9 Å². The van der Waals surface area contributed by atoms with Crippen LogP contribution in [0.1, 0.15) is 36.9 Å². The van der Waals surface area contributed by atoms with Crippen molar-refractivity contribution in [1.29, 1.82) is 0 Å². The van der Waals surface area contributed by atoms with Gasteiger partial charge < -0.3 is 26.2 Å².